The number of nitrogens with zero attached hydrogens (tertiary/aromatic N) is 2. The van der Waals surface area contributed by atoms with Crippen molar-refractivity contribution in [3.05, 3.63) is 29.8 Å². The van der Waals surface area contributed by atoms with E-state index in [-0.39, 0.29) is 0 Å². The lowest BCUT2D eigenvalue weighted by molar-refractivity contribution is 0.171. The Labute approximate surface area is 126 Å². The molecule has 1 heterocycles. The predicted molar refractivity (Wildman–Crippen MR) is 84.9 cm³/mol. The van der Waals surface area contributed by atoms with Gasteiger partial charge in [-0.25, -0.2) is 10.2 Å². The Morgan fingerprint density at radius 2 is 1.76 bits per heavy atom. The molecule has 1 fully saturated rings. The predicted octanol–water partition coefficient (Wildman–Crippen LogP) is 3.15. The Bertz CT molecular complexity index is 489. The monoisotopic (exact) mass is 289 g/mol. The molecule has 0 saturated carbocycles. The van der Waals surface area contributed by atoms with Crippen LogP contribution in [0.15, 0.2) is 29.4 Å². The Kier molecular flexibility index (Phi) is 5.60. The average Bonchev–Trinajstić information content (AvgIpc) is 2.81. The molecule has 0 aromatic heterocycles. The summed E-state index contributed by atoms with van der Waals surface area (Å²) in [5.41, 5.74) is 5.34. The van der Waals surface area contributed by atoms with Crippen molar-refractivity contribution >= 4 is 17.5 Å². The van der Waals surface area contributed by atoms with Crippen molar-refractivity contribution in [1.29, 1.82) is 0 Å². The Morgan fingerprint density at radius 3 is 2.33 bits per heavy atom. The zero-order chi connectivity index (χ0) is 15.1. The molecule has 0 aliphatic carbocycles. The van der Waals surface area contributed by atoms with E-state index in [1.165, 1.54) is 38.5 Å². The fourth-order valence-electron chi connectivity index (χ4n) is 2.48. The van der Waals surface area contributed by atoms with Gasteiger partial charge in [0.15, 0.2) is 0 Å². The summed E-state index contributed by atoms with van der Waals surface area (Å²) in [7, 11) is 1.32. The number of nitrogens with one attached hydrogen (secondary N) is 1. The Hall–Kier alpha value is -2.04. The average molecular weight is 289 g/mol. The van der Waals surface area contributed by atoms with Gasteiger partial charge in [0.1, 0.15) is 0 Å². The van der Waals surface area contributed by atoms with Crippen molar-refractivity contribution in [2.24, 2.45) is 5.10 Å². The highest BCUT2D eigenvalue weighted by Gasteiger charge is 2.10. The van der Waals surface area contributed by atoms with Crippen LogP contribution in [0.3, 0.4) is 0 Å². The van der Waals surface area contributed by atoms with Crippen molar-refractivity contribution in [3.63, 3.8) is 0 Å². The highest BCUT2D eigenvalue weighted by Crippen LogP contribution is 2.20. The number of hydrogen-bond acceptors (Lipinski definition) is 4. The maximum absolute atomic E-state index is 11.0. The third-order valence-corrected chi connectivity index (χ3v) is 3.76. The minimum Gasteiger partial charge on any atom is -0.452 e. The van der Waals surface area contributed by atoms with E-state index in [2.05, 4.69) is 32.3 Å². The number of methoxy groups -OCH3 is 1. The lowest BCUT2D eigenvalue weighted by atomic mass is 10.1. The first-order valence-electron chi connectivity index (χ1n) is 7.44. The summed E-state index contributed by atoms with van der Waals surface area (Å²) in [6.07, 6.45) is 4.64. The second kappa shape index (κ2) is 7.67. The van der Waals surface area contributed by atoms with Crippen LogP contribution in [0.4, 0.5) is 10.5 Å². The molecule has 114 valence electrons. The summed E-state index contributed by atoms with van der Waals surface area (Å²) in [4.78, 5) is 13.4. The molecule has 0 radical (unpaired) electrons. The number of anilines is 1. The summed E-state index contributed by atoms with van der Waals surface area (Å²) in [6.45, 7) is 4.13. The second-order valence-corrected chi connectivity index (χ2v) is 5.25. The molecular formula is C16H23N3O2. The maximum atomic E-state index is 11.0. The standard InChI is InChI=1S/C16H23N3O2/c1-13(17-18-16(20)21-2)14-7-9-15(10-8-14)19-11-5-3-4-6-12-19/h7-10H,3-6,11-12H2,1-2H3,(H,18,20)/b17-13-. The van der Waals surface area contributed by atoms with Gasteiger partial charge in [0.25, 0.3) is 0 Å². The topological polar surface area (TPSA) is 53.9 Å². The number of rotatable bonds is 3. The molecule has 2 rings (SSSR count). The van der Waals surface area contributed by atoms with E-state index in [1.807, 2.05) is 19.1 Å². The zero-order valence-electron chi connectivity index (χ0n) is 12.8. The summed E-state index contributed by atoms with van der Waals surface area (Å²) >= 11 is 0. The van der Waals surface area contributed by atoms with Gasteiger partial charge >= 0.3 is 6.09 Å². The Balaban J connectivity index is 2.02. The molecule has 0 unspecified atom stereocenters. The lowest BCUT2D eigenvalue weighted by Crippen LogP contribution is -2.23. The smallest absolute Gasteiger partial charge is 0.427 e. The van der Waals surface area contributed by atoms with Gasteiger partial charge in [-0.15, -0.1) is 0 Å². The van der Waals surface area contributed by atoms with Gasteiger partial charge in [-0.3, -0.25) is 0 Å². The van der Waals surface area contributed by atoms with E-state index in [0.717, 1.165) is 24.4 Å². The lowest BCUT2D eigenvalue weighted by Gasteiger charge is -2.22. The largest absolute Gasteiger partial charge is 0.452 e. The SMILES string of the molecule is COC(=O)N/N=C(/C)c1ccc(N2CCCCCC2)cc1. The van der Waals surface area contributed by atoms with Crippen molar-refractivity contribution in [2.75, 3.05) is 25.1 Å². The van der Waals surface area contributed by atoms with Crippen LogP contribution in [-0.4, -0.2) is 32.0 Å². The quantitative estimate of drug-likeness (QED) is 0.687. The third kappa shape index (κ3) is 4.48. The summed E-state index contributed by atoms with van der Waals surface area (Å²) in [5, 5.41) is 4.00. The molecule has 1 aromatic rings. The molecule has 1 aromatic carbocycles. The number of hydrogen-bond donors (Lipinski definition) is 1. The van der Waals surface area contributed by atoms with Crippen LogP contribution >= 0.6 is 0 Å². The number of benzene rings is 1. The van der Waals surface area contributed by atoms with Gasteiger partial charge in [-0.05, 0) is 37.5 Å². The number of carbonyl (C=O) groups is 1. The highest BCUT2D eigenvalue weighted by molar-refractivity contribution is 5.99. The first-order valence-corrected chi connectivity index (χ1v) is 7.44. The number of ether oxygens (including phenoxy) is 1. The molecule has 21 heavy (non-hydrogen) atoms. The second-order valence-electron chi connectivity index (χ2n) is 5.25. The van der Waals surface area contributed by atoms with Gasteiger partial charge in [-0.1, -0.05) is 25.0 Å². The molecule has 1 saturated heterocycles. The van der Waals surface area contributed by atoms with E-state index in [0.29, 0.717) is 0 Å². The van der Waals surface area contributed by atoms with Crippen LogP contribution in [0.5, 0.6) is 0 Å². The highest BCUT2D eigenvalue weighted by atomic mass is 16.5. The number of amides is 1. The van der Waals surface area contributed by atoms with Crippen molar-refractivity contribution in [1.82, 2.24) is 5.43 Å². The van der Waals surface area contributed by atoms with Gasteiger partial charge in [0.2, 0.25) is 0 Å². The molecule has 5 heteroatoms. The Morgan fingerprint density at radius 1 is 1.14 bits per heavy atom. The zero-order valence-corrected chi connectivity index (χ0v) is 12.8. The summed E-state index contributed by atoms with van der Waals surface area (Å²) < 4.78 is 4.48. The van der Waals surface area contributed by atoms with Crippen molar-refractivity contribution in [3.8, 4) is 0 Å². The van der Waals surface area contributed by atoms with Crippen LogP contribution in [0.25, 0.3) is 0 Å². The van der Waals surface area contributed by atoms with E-state index >= 15 is 0 Å². The van der Waals surface area contributed by atoms with Crippen LogP contribution in [0, 0.1) is 0 Å². The molecule has 0 atom stereocenters. The van der Waals surface area contributed by atoms with Gasteiger partial charge in [0.05, 0.1) is 12.8 Å². The first kappa shape index (κ1) is 15.4. The number of hydrazone groups is 1. The molecule has 1 N–H and O–H groups in total. The van der Waals surface area contributed by atoms with E-state index < -0.39 is 6.09 Å². The molecule has 5 nitrogen and oxygen atoms in total. The van der Waals surface area contributed by atoms with Crippen LogP contribution in [0.1, 0.15) is 38.2 Å². The normalized spacial score (nSPS) is 16.3. The van der Waals surface area contributed by atoms with Gasteiger partial charge in [-0.2, -0.15) is 5.10 Å². The molecule has 0 spiro atoms. The minimum absolute atomic E-state index is 0.560. The van der Waals surface area contributed by atoms with E-state index in [1.54, 1.807) is 0 Å². The van der Waals surface area contributed by atoms with Crippen molar-refractivity contribution in [2.45, 2.75) is 32.6 Å². The summed E-state index contributed by atoms with van der Waals surface area (Å²) in [6, 6.07) is 8.33. The molecule has 0 bridgehead atoms. The van der Waals surface area contributed by atoms with E-state index in [9.17, 15) is 4.79 Å². The maximum Gasteiger partial charge on any atom is 0.427 e. The molecule has 1 aliphatic heterocycles. The summed E-state index contributed by atoms with van der Waals surface area (Å²) in [5.74, 6) is 0. The van der Waals surface area contributed by atoms with E-state index in [4.69, 9.17) is 0 Å². The fourth-order valence-corrected chi connectivity index (χ4v) is 2.48. The van der Waals surface area contributed by atoms with Crippen molar-refractivity contribution < 1.29 is 9.53 Å². The van der Waals surface area contributed by atoms with Crippen LogP contribution < -0.4 is 10.3 Å². The van der Waals surface area contributed by atoms with Crippen LogP contribution in [0.2, 0.25) is 0 Å². The molecular weight excluding hydrogens is 266 g/mol. The number of carbonyl (C=O) groups excluding carboxylic acids is 1. The fraction of sp³-hybridized carbons (Fsp3) is 0.500. The minimum atomic E-state index is -0.560. The van der Waals surface area contributed by atoms with Gasteiger partial charge in [0, 0.05) is 18.8 Å². The third-order valence-electron chi connectivity index (χ3n) is 3.76. The van der Waals surface area contributed by atoms with Crippen LogP contribution in [-0.2, 0) is 4.74 Å². The first-order chi connectivity index (χ1) is 10.2. The molecule has 1 aliphatic rings. The molecule has 1 amide bonds. The van der Waals surface area contributed by atoms with Gasteiger partial charge < -0.3 is 9.64 Å².